The molecule has 1 N–H and O–H groups in total. The van der Waals surface area contributed by atoms with Crippen molar-refractivity contribution in [2.75, 3.05) is 0 Å². The number of carbonyl (C=O) groups is 1. The molecule has 11 heavy (non-hydrogen) atoms. The topological polar surface area (TPSA) is 37.3 Å². The highest BCUT2D eigenvalue weighted by molar-refractivity contribution is 5.70. The van der Waals surface area contributed by atoms with E-state index in [0.29, 0.717) is 0 Å². The van der Waals surface area contributed by atoms with Gasteiger partial charge in [-0.3, -0.25) is 4.79 Å². The number of rotatable bonds is 2. The van der Waals surface area contributed by atoms with Crippen molar-refractivity contribution >= 4 is 5.97 Å². The van der Waals surface area contributed by atoms with Gasteiger partial charge in [-0.25, -0.2) is 0 Å². The van der Waals surface area contributed by atoms with Crippen LogP contribution in [0.15, 0.2) is 0 Å². The third kappa shape index (κ3) is 1.55. The summed E-state index contributed by atoms with van der Waals surface area (Å²) in [6.07, 6.45) is 4.57. The Morgan fingerprint density at radius 2 is 1.91 bits per heavy atom. The first-order chi connectivity index (χ1) is 5.06. The quantitative estimate of drug-likeness (QED) is 0.666. The van der Waals surface area contributed by atoms with E-state index in [1.807, 2.05) is 6.92 Å². The van der Waals surface area contributed by atoms with Gasteiger partial charge in [0.25, 0.3) is 0 Å². The first-order valence-corrected chi connectivity index (χ1v) is 4.29. The van der Waals surface area contributed by atoms with Crippen molar-refractivity contribution < 1.29 is 9.90 Å². The van der Waals surface area contributed by atoms with Crippen molar-refractivity contribution in [1.29, 1.82) is 0 Å². The second-order valence-electron chi connectivity index (χ2n) is 3.92. The largest absolute Gasteiger partial charge is 0.481 e. The molecule has 0 aromatic carbocycles. The van der Waals surface area contributed by atoms with Gasteiger partial charge in [0.1, 0.15) is 0 Å². The lowest BCUT2D eigenvalue weighted by molar-refractivity contribution is -0.145. The third-order valence-corrected chi connectivity index (χ3v) is 3.16. The van der Waals surface area contributed by atoms with Crippen LogP contribution in [0, 0.1) is 11.3 Å². The number of carboxylic acid groups (broad SMARTS) is 1. The summed E-state index contributed by atoms with van der Waals surface area (Å²) in [6.45, 7) is 3.92. The van der Waals surface area contributed by atoms with Crippen LogP contribution in [0.25, 0.3) is 0 Å². The van der Waals surface area contributed by atoms with E-state index in [2.05, 4.69) is 6.92 Å². The van der Waals surface area contributed by atoms with Gasteiger partial charge in [0.05, 0.1) is 5.92 Å². The summed E-state index contributed by atoms with van der Waals surface area (Å²) in [6, 6.07) is 0. The molecule has 0 amide bonds. The van der Waals surface area contributed by atoms with Crippen molar-refractivity contribution in [1.82, 2.24) is 0 Å². The molecule has 0 spiro atoms. The Labute approximate surface area is 67.6 Å². The zero-order valence-electron chi connectivity index (χ0n) is 7.26. The first-order valence-electron chi connectivity index (χ1n) is 4.29. The Kier molecular flexibility index (Phi) is 2.21. The van der Waals surface area contributed by atoms with Crippen molar-refractivity contribution in [3.63, 3.8) is 0 Å². The minimum absolute atomic E-state index is 0.0752. The van der Waals surface area contributed by atoms with Crippen molar-refractivity contribution in [3.05, 3.63) is 0 Å². The van der Waals surface area contributed by atoms with E-state index in [1.165, 1.54) is 12.8 Å². The molecule has 0 radical (unpaired) electrons. The maximum atomic E-state index is 10.7. The average molecular weight is 156 g/mol. The molecule has 0 saturated heterocycles. The van der Waals surface area contributed by atoms with E-state index in [1.54, 1.807) is 0 Å². The molecule has 64 valence electrons. The van der Waals surface area contributed by atoms with Gasteiger partial charge in [-0.05, 0) is 18.3 Å². The predicted octanol–water partition coefficient (Wildman–Crippen LogP) is 2.29. The number of hydrogen-bond donors (Lipinski definition) is 1. The molecule has 1 fully saturated rings. The highest BCUT2D eigenvalue weighted by Gasteiger charge is 2.37. The van der Waals surface area contributed by atoms with Crippen LogP contribution in [0.1, 0.15) is 39.5 Å². The van der Waals surface area contributed by atoms with Crippen molar-refractivity contribution in [2.45, 2.75) is 39.5 Å². The maximum Gasteiger partial charge on any atom is 0.306 e. The molecule has 1 aliphatic rings. The molecule has 1 atom stereocenters. The fourth-order valence-electron chi connectivity index (χ4n) is 1.91. The van der Waals surface area contributed by atoms with Crippen LogP contribution in [-0.4, -0.2) is 11.1 Å². The van der Waals surface area contributed by atoms with E-state index < -0.39 is 5.97 Å². The molecule has 1 rings (SSSR count). The van der Waals surface area contributed by atoms with E-state index >= 15 is 0 Å². The Balaban J connectivity index is 2.63. The van der Waals surface area contributed by atoms with Crippen molar-refractivity contribution in [2.24, 2.45) is 11.3 Å². The van der Waals surface area contributed by atoms with Crippen LogP contribution in [-0.2, 0) is 4.79 Å². The number of aliphatic carboxylic acids is 1. The number of carboxylic acids is 1. The monoisotopic (exact) mass is 156 g/mol. The zero-order chi connectivity index (χ0) is 8.48. The van der Waals surface area contributed by atoms with Crippen LogP contribution >= 0.6 is 0 Å². The lowest BCUT2D eigenvalue weighted by atomic mass is 9.77. The summed E-state index contributed by atoms with van der Waals surface area (Å²) in [5.74, 6) is -0.820. The van der Waals surface area contributed by atoms with Crippen LogP contribution in [0.2, 0.25) is 0 Å². The molecule has 0 aromatic rings. The molecule has 0 aromatic heterocycles. The fraction of sp³-hybridized carbons (Fsp3) is 0.889. The maximum absolute atomic E-state index is 10.7. The van der Waals surface area contributed by atoms with Gasteiger partial charge >= 0.3 is 5.97 Å². The minimum Gasteiger partial charge on any atom is -0.481 e. The normalized spacial score (nSPS) is 24.9. The van der Waals surface area contributed by atoms with Crippen LogP contribution < -0.4 is 0 Å². The van der Waals surface area contributed by atoms with Crippen molar-refractivity contribution in [3.8, 4) is 0 Å². The van der Waals surface area contributed by atoms with E-state index in [0.717, 1.165) is 12.8 Å². The summed E-state index contributed by atoms with van der Waals surface area (Å²) in [7, 11) is 0. The summed E-state index contributed by atoms with van der Waals surface area (Å²) >= 11 is 0. The lowest BCUT2D eigenvalue weighted by Gasteiger charge is -2.27. The van der Waals surface area contributed by atoms with Gasteiger partial charge in [0, 0.05) is 0 Å². The molecule has 2 nitrogen and oxygen atoms in total. The van der Waals surface area contributed by atoms with Gasteiger partial charge in [0.15, 0.2) is 0 Å². The van der Waals surface area contributed by atoms with Gasteiger partial charge in [-0.1, -0.05) is 26.7 Å². The second kappa shape index (κ2) is 2.84. The highest BCUT2D eigenvalue weighted by atomic mass is 16.4. The Hall–Kier alpha value is -0.530. The lowest BCUT2D eigenvalue weighted by Crippen LogP contribution is -2.28. The number of hydrogen-bond acceptors (Lipinski definition) is 1. The Morgan fingerprint density at radius 1 is 1.45 bits per heavy atom. The third-order valence-electron chi connectivity index (χ3n) is 3.16. The van der Waals surface area contributed by atoms with Crippen LogP contribution in [0.5, 0.6) is 0 Å². The summed E-state index contributed by atoms with van der Waals surface area (Å²) in [4.78, 5) is 10.7. The molecular weight excluding hydrogens is 140 g/mol. The molecule has 2 heteroatoms. The van der Waals surface area contributed by atoms with Crippen LogP contribution in [0.4, 0.5) is 0 Å². The molecule has 1 saturated carbocycles. The van der Waals surface area contributed by atoms with E-state index in [4.69, 9.17) is 5.11 Å². The van der Waals surface area contributed by atoms with Crippen LogP contribution in [0.3, 0.4) is 0 Å². The fourth-order valence-corrected chi connectivity index (χ4v) is 1.91. The minimum atomic E-state index is -0.644. The smallest absolute Gasteiger partial charge is 0.306 e. The molecule has 0 heterocycles. The SMILES string of the molecule is C[C@H](C(=O)O)C1(C)CCCC1. The van der Waals surface area contributed by atoms with E-state index in [9.17, 15) is 4.79 Å². The first kappa shape index (κ1) is 8.57. The average Bonchev–Trinajstić information content (AvgIpc) is 2.35. The summed E-state index contributed by atoms with van der Waals surface area (Å²) in [5, 5.41) is 8.81. The van der Waals surface area contributed by atoms with Gasteiger partial charge < -0.3 is 5.11 Å². The standard InChI is InChI=1S/C9H16O2/c1-7(8(10)11)9(2)5-3-4-6-9/h7H,3-6H2,1-2H3,(H,10,11)/t7-/m1/s1. The molecule has 1 aliphatic carbocycles. The highest BCUT2D eigenvalue weighted by Crippen LogP contribution is 2.43. The molecule has 0 aliphatic heterocycles. The molecule has 0 bridgehead atoms. The van der Waals surface area contributed by atoms with Gasteiger partial charge in [0.2, 0.25) is 0 Å². The zero-order valence-corrected chi connectivity index (χ0v) is 7.26. The predicted molar refractivity (Wildman–Crippen MR) is 43.4 cm³/mol. The molecular formula is C9H16O2. The summed E-state index contributed by atoms with van der Waals surface area (Å²) in [5.41, 5.74) is 0.0752. The second-order valence-corrected chi connectivity index (χ2v) is 3.92. The van der Waals surface area contributed by atoms with E-state index in [-0.39, 0.29) is 11.3 Å². The molecule has 0 unspecified atom stereocenters. The summed E-state index contributed by atoms with van der Waals surface area (Å²) < 4.78 is 0. The Morgan fingerprint density at radius 3 is 2.27 bits per heavy atom. The Bertz CT molecular complexity index is 157. The van der Waals surface area contributed by atoms with Gasteiger partial charge in [-0.15, -0.1) is 0 Å². The van der Waals surface area contributed by atoms with Gasteiger partial charge in [-0.2, -0.15) is 0 Å².